The monoisotopic (exact) mass is 304 g/mol. The third kappa shape index (κ3) is 2.60. The predicted molar refractivity (Wildman–Crippen MR) is 87.9 cm³/mol. The van der Waals surface area contributed by atoms with Gasteiger partial charge in [0.15, 0.2) is 0 Å². The zero-order valence-electron chi connectivity index (χ0n) is 12.6. The summed E-state index contributed by atoms with van der Waals surface area (Å²) in [6.45, 7) is 6.69. The van der Waals surface area contributed by atoms with E-state index in [9.17, 15) is 0 Å². The second kappa shape index (κ2) is 5.60. The van der Waals surface area contributed by atoms with Gasteiger partial charge in [-0.15, -0.1) is 0 Å². The molecule has 3 rings (SSSR count). The SMILES string of the molecule is CCn1nc(C)c(Cl)c1CN1CCCc2ccc(N)cc21. The Kier molecular flexibility index (Phi) is 3.81. The minimum absolute atomic E-state index is 0.782. The molecule has 0 bridgehead atoms. The van der Waals surface area contributed by atoms with E-state index < -0.39 is 0 Å². The molecule has 0 fully saturated rings. The standard InChI is InChI=1S/C16H21ClN4/c1-3-21-15(16(17)11(2)19-21)10-20-8-4-5-12-6-7-13(18)9-14(12)20/h6-7,9H,3-5,8,10,18H2,1-2H3. The molecule has 0 saturated carbocycles. The summed E-state index contributed by atoms with van der Waals surface area (Å²) >= 11 is 6.44. The number of rotatable bonds is 3. The van der Waals surface area contributed by atoms with Crippen LogP contribution in [0.25, 0.3) is 0 Å². The Morgan fingerprint density at radius 3 is 2.95 bits per heavy atom. The van der Waals surface area contributed by atoms with E-state index in [2.05, 4.69) is 29.1 Å². The number of benzene rings is 1. The maximum Gasteiger partial charge on any atom is 0.0865 e. The van der Waals surface area contributed by atoms with Gasteiger partial charge in [-0.25, -0.2) is 0 Å². The van der Waals surface area contributed by atoms with Gasteiger partial charge in [0.05, 0.1) is 23.0 Å². The summed E-state index contributed by atoms with van der Waals surface area (Å²) in [5.74, 6) is 0. The summed E-state index contributed by atoms with van der Waals surface area (Å²) in [6.07, 6.45) is 2.28. The molecule has 112 valence electrons. The fraction of sp³-hybridized carbons (Fsp3) is 0.438. The molecule has 0 amide bonds. The molecular weight excluding hydrogens is 284 g/mol. The number of nitrogens with two attached hydrogens (primary N) is 1. The molecule has 1 aromatic heterocycles. The van der Waals surface area contributed by atoms with E-state index in [-0.39, 0.29) is 0 Å². The summed E-state index contributed by atoms with van der Waals surface area (Å²) < 4.78 is 2.00. The summed E-state index contributed by atoms with van der Waals surface area (Å²) in [5, 5.41) is 5.29. The Morgan fingerprint density at radius 1 is 1.38 bits per heavy atom. The summed E-state index contributed by atoms with van der Waals surface area (Å²) in [6, 6.07) is 6.19. The highest BCUT2D eigenvalue weighted by atomic mass is 35.5. The van der Waals surface area contributed by atoms with Crippen LogP contribution in [0.1, 0.15) is 30.3 Å². The van der Waals surface area contributed by atoms with E-state index in [1.54, 1.807) is 0 Å². The van der Waals surface area contributed by atoms with Crippen molar-refractivity contribution in [3.05, 3.63) is 40.2 Å². The van der Waals surface area contributed by atoms with Crippen molar-refractivity contribution >= 4 is 23.0 Å². The second-order valence-electron chi connectivity index (χ2n) is 5.58. The lowest BCUT2D eigenvalue weighted by Gasteiger charge is -2.31. The van der Waals surface area contributed by atoms with Gasteiger partial charge in [-0.1, -0.05) is 17.7 Å². The number of nitrogens with zero attached hydrogens (tertiary/aromatic N) is 3. The van der Waals surface area contributed by atoms with Gasteiger partial charge in [0, 0.05) is 24.5 Å². The predicted octanol–water partition coefficient (Wildman–Crippen LogP) is 3.40. The lowest BCUT2D eigenvalue weighted by atomic mass is 10.0. The molecule has 4 nitrogen and oxygen atoms in total. The van der Waals surface area contributed by atoms with Gasteiger partial charge in [-0.3, -0.25) is 4.68 Å². The van der Waals surface area contributed by atoms with Gasteiger partial charge in [0.25, 0.3) is 0 Å². The van der Waals surface area contributed by atoms with E-state index >= 15 is 0 Å². The minimum Gasteiger partial charge on any atom is -0.399 e. The smallest absolute Gasteiger partial charge is 0.0865 e. The van der Waals surface area contributed by atoms with Gasteiger partial charge in [-0.05, 0) is 44.4 Å². The Morgan fingerprint density at radius 2 is 2.19 bits per heavy atom. The zero-order chi connectivity index (χ0) is 15.0. The van der Waals surface area contributed by atoms with Crippen LogP contribution < -0.4 is 10.6 Å². The molecule has 2 aromatic rings. The Balaban J connectivity index is 1.95. The first kappa shape index (κ1) is 14.3. The van der Waals surface area contributed by atoms with Crippen LogP contribution in [-0.4, -0.2) is 16.3 Å². The molecule has 2 heterocycles. The van der Waals surface area contributed by atoms with Crippen molar-refractivity contribution in [2.24, 2.45) is 0 Å². The summed E-state index contributed by atoms with van der Waals surface area (Å²) in [7, 11) is 0. The third-order valence-corrected chi connectivity index (χ3v) is 4.61. The molecular formula is C16H21ClN4. The lowest BCUT2D eigenvalue weighted by Crippen LogP contribution is -2.30. The largest absolute Gasteiger partial charge is 0.399 e. The minimum atomic E-state index is 0.782. The average Bonchev–Trinajstić information content (AvgIpc) is 2.75. The third-order valence-electron chi connectivity index (χ3n) is 4.12. The van der Waals surface area contributed by atoms with Crippen LogP contribution >= 0.6 is 11.6 Å². The molecule has 1 aliphatic rings. The van der Waals surface area contributed by atoms with Gasteiger partial charge in [0.1, 0.15) is 0 Å². The van der Waals surface area contributed by atoms with E-state index in [0.29, 0.717) is 0 Å². The molecule has 0 spiro atoms. The Bertz CT molecular complexity index is 663. The number of halogens is 1. The Labute approximate surface area is 130 Å². The van der Waals surface area contributed by atoms with Crippen molar-refractivity contribution in [2.75, 3.05) is 17.2 Å². The molecule has 0 unspecified atom stereocenters. The van der Waals surface area contributed by atoms with Crippen LogP contribution in [0.15, 0.2) is 18.2 Å². The van der Waals surface area contributed by atoms with Crippen LogP contribution in [-0.2, 0) is 19.5 Å². The number of anilines is 2. The molecule has 5 heteroatoms. The number of fused-ring (bicyclic) bond motifs is 1. The first-order valence-electron chi connectivity index (χ1n) is 7.45. The normalized spacial score (nSPS) is 14.3. The highest BCUT2D eigenvalue weighted by Gasteiger charge is 2.21. The second-order valence-corrected chi connectivity index (χ2v) is 5.95. The van der Waals surface area contributed by atoms with Crippen LogP contribution in [0, 0.1) is 6.92 Å². The first-order chi connectivity index (χ1) is 10.1. The van der Waals surface area contributed by atoms with Gasteiger partial charge in [-0.2, -0.15) is 5.10 Å². The summed E-state index contributed by atoms with van der Waals surface area (Å²) in [4.78, 5) is 2.36. The van der Waals surface area contributed by atoms with E-state index in [0.717, 1.165) is 54.6 Å². The van der Waals surface area contributed by atoms with Crippen molar-refractivity contribution in [2.45, 2.75) is 39.8 Å². The van der Waals surface area contributed by atoms with Crippen molar-refractivity contribution in [3.8, 4) is 0 Å². The number of hydrogen-bond donors (Lipinski definition) is 1. The topological polar surface area (TPSA) is 47.1 Å². The van der Waals surface area contributed by atoms with Crippen LogP contribution in [0.3, 0.4) is 0 Å². The quantitative estimate of drug-likeness (QED) is 0.884. The Hall–Kier alpha value is -1.68. The highest BCUT2D eigenvalue weighted by Crippen LogP contribution is 2.32. The number of hydrogen-bond acceptors (Lipinski definition) is 3. The molecule has 0 atom stereocenters. The van der Waals surface area contributed by atoms with E-state index in [1.807, 2.05) is 17.7 Å². The molecule has 2 N–H and O–H groups in total. The maximum atomic E-state index is 6.44. The van der Waals surface area contributed by atoms with Crippen molar-refractivity contribution < 1.29 is 0 Å². The molecule has 0 aliphatic carbocycles. The van der Waals surface area contributed by atoms with Crippen molar-refractivity contribution in [1.82, 2.24) is 9.78 Å². The average molecular weight is 305 g/mol. The zero-order valence-corrected chi connectivity index (χ0v) is 13.3. The van der Waals surface area contributed by atoms with Gasteiger partial charge >= 0.3 is 0 Å². The van der Waals surface area contributed by atoms with Gasteiger partial charge in [0.2, 0.25) is 0 Å². The van der Waals surface area contributed by atoms with Crippen LogP contribution in [0.2, 0.25) is 5.02 Å². The fourth-order valence-electron chi connectivity index (χ4n) is 3.03. The lowest BCUT2D eigenvalue weighted by molar-refractivity contribution is 0.595. The van der Waals surface area contributed by atoms with Gasteiger partial charge < -0.3 is 10.6 Å². The number of aromatic nitrogens is 2. The molecule has 1 aromatic carbocycles. The van der Waals surface area contributed by atoms with Crippen molar-refractivity contribution in [1.29, 1.82) is 0 Å². The molecule has 21 heavy (non-hydrogen) atoms. The van der Waals surface area contributed by atoms with Crippen molar-refractivity contribution in [3.63, 3.8) is 0 Å². The first-order valence-corrected chi connectivity index (χ1v) is 7.83. The van der Waals surface area contributed by atoms with Crippen LogP contribution in [0.4, 0.5) is 11.4 Å². The fourth-order valence-corrected chi connectivity index (χ4v) is 3.23. The highest BCUT2D eigenvalue weighted by molar-refractivity contribution is 6.31. The molecule has 0 saturated heterocycles. The van der Waals surface area contributed by atoms with E-state index in [4.69, 9.17) is 17.3 Å². The van der Waals surface area contributed by atoms with E-state index in [1.165, 1.54) is 11.3 Å². The molecule has 0 radical (unpaired) electrons. The van der Waals surface area contributed by atoms with Crippen LogP contribution in [0.5, 0.6) is 0 Å². The maximum absolute atomic E-state index is 6.44. The summed E-state index contributed by atoms with van der Waals surface area (Å²) in [5.41, 5.74) is 11.4. The number of aryl methyl sites for hydroxylation is 3. The number of nitrogen functional groups attached to an aromatic ring is 1. The molecule has 1 aliphatic heterocycles.